The van der Waals surface area contributed by atoms with E-state index in [0.717, 1.165) is 39.8 Å². The van der Waals surface area contributed by atoms with Crippen LogP contribution in [0.4, 0.5) is 5.69 Å². The summed E-state index contributed by atoms with van der Waals surface area (Å²) < 4.78 is 11.7. The highest BCUT2D eigenvalue weighted by Crippen LogP contribution is 2.43. The van der Waals surface area contributed by atoms with Gasteiger partial charge in [0.25, 0.3) is 0 Å². The van der Waals surface area contributed by atoms with E-state index >= 15 is 0 Å². The van der Waals surface area contributed by atoms with Crippen molar-refractivity contribution in [1.82, 2.24) is 10.3 Å². The van der Waals surface area contributed by atoms with Gasteiger partial charge in [-0.15, -0.1) is 0 Å². The molecule has 1 aliphatic heterocycles. The Labute approximate surface area is 203 Å². The number of thiocarbonyl (C=S) groups is 1. The van der Waals surface area contributed by atoms with E-state index in [0.29, 0.717) is 10.1 Å². The number of pyridine rings is 1. The molecule has 2 unspecified atom stereocenters. The first-order valence-corrected chi connectivity index (χ1v) is 11.3. The molecular formula is C26H22ClN3O2S. The van der Waals surface area contributed by atoms with Gasteiger partial charge in [0.1, 0.15) is 23.3 Å². The molecule has 33 heavy (non-hydrogen) atoms. The van der Waals surface area contributed by atoms with Gasteiger partial charge in [0, 0.05) is 22.5 Å². The van der Waals surface area contributed by atoms with Crippen molar-refractivity contribution in [1.29, 1.82) is 0 Å². The van der Waals surface area contributed by atoms with Crippen LogP contribution in [-0.4, -0.2) is 17.2 Å². The molecular weight excluding hydrogens is 454 g/mol. The Kier molecular flexibility index (Phi) is 5.79. The zero-order chi connectivity index (χ0) is 22.9. The minimum atomic E-state index is -0.226. The lowest BCUT2D eigenvalue weighted by Crippen LogP contribution is -2.29. The summed E-state index contributed by atoms with van der Waals surface area (Å²) in [5.74, 6) is 2.31. The average Bonchev–Trinajstić information content (AvgIpc) is 3.46. The van der Waals surface area contributed by atoms with E-state index in [1.54, 1.807) is 13.3 Å². The highest BCUT2D eigenvalue weighted by atomic mass is 35.5. The van der Waals surface area contributed by atoms with Gasteiger partial charge in [0.2, 0.25) is 0 Å². The van der Waals surface area contributed by atoms with Crippen molar-refractivity contribution >= 4 is 34.6 Å². The third kappa shape index (κ3) is 4.08. The molecule has 2 aromatic heterocycles. The van der Waals surface area contributed by atoms with Gasteiger partial charge < -0.3 is 19.4 Å². The minimum absolute atomic E-state index is 0.179. The van der Waals surface area contributed by atoms with Crippen LogP contribution in [0.3, 0.4) is 0 Å². The Hall–Kier alpha value is -3.35. The van der Waals surface area contributed by atoms with Crippen LogP contribution in [0.25, 0.3) is 11.3 Å². The van der Waals surface area contributed by atoms with Crippen molar-refractivity contribution in [3.05, 3.63) is 101 Å². The smallest absolute Gasteiger partial charge is 0.174 e. The fourth-order valence-corrected chi connectivity index (χ4v) is 4.60. The van der Waals surface area contributed by atoms with Crippen LogP contribution in [0.15, 0.2) is 83.4 Å². The Morgan fingerprint density at radius 3 is 2.58 bits per heavy atom. The number of benzene rings is 2. The fourth-order valence-electron chi connectivity index (χ4n) is 4.08. The van der Waals surface area contributed by atoms with Crippen LogP contribution in [0.5, 0.6) is 5.75 Å². The molecule has 1 N–H and O–H groups in total. The third-order valence-electron chi connectivity index (χ3n) is 5.82. The number of nitrogens with one attached hydrogen (secondary N) is 1. The molecule has 0 bridgehead atoms. The van der Waals surface area contributed by atoms with E-state index in [4.69, 9.17) is 33.0 Å². The molecule has 1 fully saturated rings. The summed E-state index contributed by atoms with van der Waals surface area (Å²) in [6.07, 6.45) is 1.79. The molecule has 4 aromatic rings. The molecule has 1 aliphatic rings. The van der Waals surface area contributed by atoms with E-state index in [1.807, 2.05) is 79.7 Å². The lowest BCUT2D eigenvalue weighted by Gasteiger charge is -2.26. The minimum Gasteiger partial charge on any atom is -0.497 e. The van der Waals surface area contributed by atoms with E-state index in [9.17, 15) is 0 Å². The molecule has 1 saturated heterocycles. The first-order chi connectivity index (χ1) is 16.0. The van der Waals surface area contributed by atoms with E-state index in [-0.39, 0.29) is 12.1 Å². The van der Waals surface area contributed by atoms with Gasteiger partial charge in [0.05, 0.1) is 18.8 Å². The van der Waals surface area contributed by atoms with Gasteiger partial charge in [-0.3, -0.25) is 4.98 Å². The number of methoxy groups -OCH3 is 1. The van der Waals surface area contributed by atoms with Crippen LogP contribution in [-0.2, 0) is 0 Å². The number of rotatable bonds is 5. The highest BCUT2D eigenvalue weighted by Gasteiger charge is 2.42. The molecule has 0 amide bonds. The Balaban J connectivity index is 1.58. The predicted octanol–water partition coefficient (Wildman–Crippen LogP) is 6.49. The number of nitrogens with zero attached hydrogens (tertiary/aromatic N) is 2. The maximum Gasteiger partial charge on any atom is 0.174 e. The zero-order valence-corrected chi connectivity index (χ0v) is 19.7. The third-order valence-corrected chi connectivity index (χ3v) is 6.55. The summed E-state index contributed by atoms with van der Waals surface area (Å²) >= 11 is 12.1. The number of hydrogen-bond donors (Lipinski definition) is 1. The number of ether oxygens (including phenoxy) is 1. The van der Waals surface area contributed by atoms with Crippen molar-refractivity contribution in [3.63, 3.8) is 0 Å². The number of halogens is 1. The van der Waals surface area contributed by atoms with Crippen molar-refractivity contribution in [2.75, 3.05) is 12.0 Å². The SMILES string of the molecule is COc1ccc(N2C(=S)NC(c3ccccn3)C2c2ccc(-c3ccc(C)c(Cl)c3)o2)cc1. The van der Waals surface area contributed by atoms with Crippen LogP contribution in [0, 0.1) is 6.92 Å². The zero-order valence-electron chi connectivity index (χ0n) is 18.2. The van der Waals surface area contributed by atoms with Gasteiger partial charge in [-0.25, -0.2) is 0 Å². The van der Waals surface area contributed by atoms with Crippen LogP contribution < -0.4 is 15.0 Å². The van der Waals surface area contributed by atoms with Crippen molar-refractivity contribution in [3.8, 4) is 17.1 Å². The standard InChI is InChI=1S/C26H22ClN3O2S/c1-16-6-7-17(15-20(16)27)22-12-13-23(32-22)25-24(21-5-3-4-14-28-21)29-26(33)30(25)18-8-10-19(31-2)11-9-18/h3-15,24-25H,1-2H3,(H,29,33). The van der Waals surface area contributed by atoms with Crippen molar-refractivity contribution in [2.24, 2.45) is 0 Å². The maximum atomic E-state index is 6.39. The average molecular weight is 476 g/mol. The quantitative estimate of drug-likeness (QED) is 0.333. The summed E-state index contributed by atoms with van der Waals surface area (Å²) in [5.41, 5.74) is 3.78. The summed E-state index contributed by atoms with van der Waals surface area (Å²) in [6, 6.07) is 23.2. The second kappa shape index (κ2) is 8.89. The lowest BCUT2D eigenvalue weighted by molar-refractivity contribution is 0.414. The van der Waals surface area contributed by atoms with E-state index in [2.05, 4.69) is 15.2 Å². The van der Waals surface area contributed by atoms with E-state index in [1.165, 1.54) is 0 Å². The molecule has 0 spiro atoms. The predicted molar refractivity (Wildman–Crippen MR) is 135 cm³/mol. The molecule has 5 nitrogen and oxygen atoms in total. The first kappa shape index (κ1) is 21.5. The van der Waals surface area contributed by atoms with Crippen LogP contribution >= 0.6 is 23.8 Å². The Bertz CT molecular complexity index is 1290. The molecule has 7 heteroatoms. The molecule has 166 valence electrons. The Morgan fingerprint density at radius 1 is 1.06 bits per heavy atom. The van der Waals surface area contributed by atoms with Gasteiger partial charge in [-0.1, -0.05) is 29.8 Å². The summed E-state index contributed by atoms with van der Waals surface area (Å²) in [4.78, 5) is 6.65. The molecule has 5 rings (SSSR count). The Morgan fingerprint density at radius 2 is 1.88 bits per heavy atom. The maximum absolute atomic E-state index is 6.39. The molecule has 0 aliphatic carbocycles. The number of anilines is 1. The summed E-state index contributed by atoms with van der Waals surface area (Å²) in [7, 11) is 1.65. The molecule has 0 saturated carbocycles. The second-order valence-corrected chi connectivity index (χ2v) is 8.65. The van der Waals surface area contributed by atoms with Gasteiger partial charge >= 0.3 is 0 Å². The molecule has 2 atom stereocenters. The van der Waals surface area contributed by atoms with Gasteiger partial charge in [-0.2, -0.15) is 0 Å². The number of furan rings is 1. The summed E-state index contributed by atoms with van der Waals surface area (Å²) in [6.45, 7) is 1.98. The normalized spacial score (nSPS) is 17.8. The first-order valence-electron chi connectivity index (χ1n) is 10.6. The van der Waals surface area contributed by atoms with Gasteiger partial charge in [-0.05, 0) is 79.3 Å². The van der Waals surface area contributed by atoms with Crippen LogP contribution in [0.1, 0.15) is 29.1 Å². The van der Waals surface area contributed by atoms with Crippen LogP contribution in [0.2, 0.25) is 5.02 Å². The fraction of sp³-hybridized carbons (Fsp3) is 0.154. The topological polar surface area (TPSA) is 50.5 Å². The lowest BCUT2D eigenvalue weighted by atomic mass is 10.0. The number of hydrogen-bond acceptors (Lipinski definition) is 4. The number of aryl methyl sites for hydroxylation is 1. The highest BCUT2D eigenvalue weighted by molar-refractivity contribution is 7.80. The summed E-state index contributed by atoms with van der Waals surface area (Å²) in [5, 5.41) is 4.76. The monoisotopic (exact) mass is 475 g/mol. The largest absolute Gasteiger partial charge is 0.497 e. The van der Waals surface area contributed by atoms with Crippen molar-refractivity contribution in [2.45, 2.75) is 19.0 Å². The molecule has 2 aromatic carbocycles. The molecule has 0 radical (unpaired) electrons. The van der Waals surface area contributed by atoms with Crippen molar-refractivity contribution < 1.29 is 9.15 Å². The van der Waals surface area contributed by atoms with Gasteiger partial charge in [0.15, 0.2) is 5.11 Å². The number of aromatic nitrogens is 1. The second-order valence-electron chi connectivity index (χ2n) is 7.86. The van der Waals surface area contributed by atoms with E-state index < -0.39 is 0 Å². The molecule has 3 heterocycles.